The fourth-order valence-electron chi connectivity index (χ4n) is 2.32. The fraction of sp³-hybridized carbons (Fsp3) is 0.316. The minimum Gasteiger partial charge on any atom is -0.497 e. The Hall–Kier alpha value is -2.49. The number of benzene rings is 2. The Morgan fingerprint density at radius 3 is 2.39 bits per heavy atom. The summed E-state index contributed by atoms with van der Waals surface area (Å²) in [7, 11) is 3.25. The van der Waals surface area contributed by atoms with Gasteiger partial charge < -0.3 is 14.8 Å². The molecule has 23 heavy (non-hydrogen) atoms. The van der Waals surface area contributed by atoms with E-state index in [-0.39, 0.29) is 11.9 Å². The molecule has 1 amide bonds. The van der Waals surface area contributed by atoms with Gasteiger partial charge >= 0.3 is 0 Å². The third kappa shape index (κ3) is 5.02. The minimum atomic E-state index is -0.0777. The fourth-order valence-corrected chi connectivity index (χ4v) is 2.32. The average molecular weight is 313 g/mol. The number of carbonyl (C=O) groups excluding carboxylic acids is 1. The molecular weight excluding hydrogens is 290 g/mol. The maximum absolute atomic E-state index is 12.2. The molecule has 0 aromatic heterocycles. The van der Waals surface area contributed by atoms with Gasteiger partial charge in [0.2, 0.25) is 0 Å². The van der Waals surface area contributed by atoms with Crippen molar-refractivity contribution < 1.29 is 14.3 Å². The number of nitrogens with one attached hydrogen (secondary N) is 1. The van der Waals surface area contributed by atoms with Crippen molar-refractivity contribution in [3.63, 3.8) is 0 Å². The molecule has 4 nitrogen and oxygen atoms in total. The molecule has 2 aromatic carbocycles. The van der Waals surface area contributed by atoms with Crippen molar-refractivity contribution in [2.45, 2.75) is 25.8 Å². The Morgan fingerprint density at radius 2 is 1.74 bits per heavy atom. The molecular formula is C19H23NO3. The van der Waals surface area contributed by atoms with Crippen LogP contribution in [-0.4, -0.2) is 26.2 Å². The van der Waals surface area contributed by atoms with Gasteiger partial charge in [0.15, 0.2) is 0 Å². The lowest BCUT2D eigenvalue weighted by Gasteiger charge is -2.14. The average Bonchev–Trinajstić information content (AvgIpc) is 2.60. The van der Waals surface area contributed by atoms with Crippen molar-refractivity contribution >= 4 is 5.91 Å². The van der Waals surface area contributed by atoms with Gasteiger partial charge in [-0.3, -0.25) is 4.79 Å². The molecule has 0 spiro atoms. The molecule has 0 heterocycles. The van der Waals surface area contributed by atoms with E-state index in [0.29, 0.717) is 11.3 Å². The van der Waals surface area contributed by atoms with Gasteiger partial charge in [-0.2, -0.15) is 0 Å². The smallest absolute Gasteiger partial charge is 0.251 e. The molecule has 2 rings (SSSR count). The first-order valence-electron chi connectivity index (χ1n) is 7.70. The van der Waals surface area contributed by atoms with E-state index in [4.69, 9.17) is 9.47 Å². The highest BCUT2D eigenvalue weighted by Crippen LogP contribution is 2.14. The Kier molecular flexibility index (Phi) is 6.03. The van der Waals surface area contributed by atoms with Gasteiger partial charge in [-0.15, -0.1) is 0 Å². The Balaban J connectivity index is 1.85. The quantitative estimate of drug-likeness (QED) is 0.851. The lowest BCUT2D eigenvalue weighted by Crippen LogP contribution is -2.32. The van der Waals surface area contributed by atoms with E-state index < -0.39 is 0 Å². The van der Waals surface area contributed by atoms with Gasteiger partial charge in [0.25, 0.3) is 5.91 Å². The second kappa shape index (κ2) is 8.22. The topological polar surface area (TPSA) is 47.6 Å². The zero-order valence-electron chi connectivity index (χ0n) is 13.8. The zero-order chi connectivity index (χ0) is 16.7. The summed E-state index contributed by atoms with van der Waals surface area (Å²) >= 11 is 0. The second-order valence-electron chi connectivity index (χ2n) is 5.49. The highest BCUT2D eigenvalue weighted by Gasteiger charge is 2.10. The molecule has 0 aliphatic rings. The number of carbonyl (C=O) groups is 1. The zero-order valence-corrected chi connectivity index (χ0v) is 13.8. The van der Waals surface area contributed by atoms with Crippen LogP contribution in [0.25, 0.3) is 0 Å². The summed E-state index contributed by atoms with van der Waals surface area (Å²) in [6, 6.07) is 15.3. The first kappa shape index (κ1) is 16.9. The molecule has 0 fully saturated rings. The summed E-state index contributed by atoms with van der Waals surface area (Å²) in [5, 5.41) is 3.02. The monoisotopic (exact) mass is 313 g/mol. The normalized spacial score (nSPS) is 11.6. The molecule has 0 saturated heterocycles. The molecule has 0 bridgehead atoms. The van der Waals surface area contributed by atoms with E-state index in [1.807, 2.05) is 31.2 Å². The summed E-state index contributed by atoms with van der Waals surface area (Å²) in [5.41, 5.74) is 1.84. The van der Waals surface area contributed by atoms with E-state index in [0.717, 1.165) is 18.6 Å². The van der Waals surface area contributed by atoms with Gasteiger partial charge in [-0.25, -0.2) is 0 Å². The van der Waals surface area contributed by atoms with Crippen molar-refractivity contribution in [2.24, 2.45) is 0 Å². The second-order valence-corrected chi connectivity index (χ2v) is 5.49. The van der Waals surface area contributed by atoms with Crippen LogP contribution in [0.3, 0.4) is 0 Å². The number of ether oxygens (including phenoxy) is 2. The highest BCUT2D eigenvalue weighted by molar-refractivity contribution is 5.94. The molecule has 0 aliphatic heterocycles. The van der Waals surface area contributed by atoms with Crippen LogP contribution >= 0.6 is 0 Å². The van der Waals surface area contributed by atoms with Crippen molar-refractivity contribution in [2.75, 3.05) is 14.2 Å². The van der Waals surface area contributed by atoms with Gasteiger partial charge in [-0.05, 0) is 55.7 Å². The maximum atomic E-state index is 12.2. The molecule has 1 unspecified atom stereocenters. The summed E-state index contributed by atoms with van der Waals surface area (Å²) in [5.74, 6) is 1.46. The van der Waals surface area contributed by atoms with Crippen molar-refractivity contribution in [3.05, 3.63) is 59.7 Å². The minimum absolute atomic E-state index is 0.0777. The molecule has 2 aromatic rings. The van der Waals surface area contributed by atoms with Crippen LogP contribution in [0.5, 0.6) is 11.5 Å². The SMILES string of the molecule is COc1ccc(CCC(C)NC(=O)c2cccc(OC)c2)cc1. The van der Waals surface area contributed by atoms with Crippen LogP contribution in [0.15, 0.2) is 48.5 Å². The standard InChI is InChI=1S/C19H23NO3/c1-14(7-8-15-9-11-17(22-2)12-10-15)20-19(21)16-5-4-6-18(13-16)23-3/h4-6,9-14H,7-8H2,1-3H3,(H,20,21). The van der Waals surface area contributed by atoms with E-state index >= 15 is 0 Å². The lowest BCUT2D eigenvalue weighted by molar-refractivity contribution is 0.0938. The number of rotatable bonds is 7. The van der Waals surface area contributed by atoms with Crippen LogP contribution in [0.4, 0.5) is 0 Å². The lowest BCUT2D eigenvalue weighted by atomic mass is 10.1. The van der Waals surface area contributed by atoms with E-state index in [1.165, 1.54) is 5.56 Å². The third-order valence-corrected chi connectivity index (χ3v) is 3.73. The number of hydrogen-bond acceptors (Lipinski definition) is 3. The summed E-state index contributed by atoms with van der Waals surface area (Å²) < 4.78 is 10.3. The predicted octanol–water partition coefficient (Wildman–Crippen LogP) is 3.45. The molecule has 122 valence electrons. The van der Waals surface area contributed by atoms with Crippen molar-refractivity contribution in [1.29, 1.82) is 0 Å². The van der Waals surface area contributed by atoms with Gasteiger partial charge in [0.05, 0.1) is 14.2 Å². The van der Waals surface area contributed by atoms with Gasteiger partial charge in [0.1, 0.15) is 11.5 Å². The third-order valence-electron chi connectivity index (χ3n) is 3.73. The van der Waals surface area contributed by atoms with Crippen LogP contribution in [0.1, 0.15) is 29.3 Å². The van der Waals surface area contributed by atoms with Crippen molar-refractivity contribution in [1.82, 2.24) is 5.32 Å². The van der Waals surface area contributed by atoms with Crippen LogP contribution in [0.2, 0.25) is 0 Å². The maximum Gasteiger partial charge on any atom is 0.251 e. The van der Waals surface area contributed by atoms with E-state index in [2.05, 4.69) is 17.4 Å². The molecule has 0 saturated carbocycles. The number of amides is 1. The first-order valence-corrected chi connectivity index (χ1v) is 7.70. The van der Waals surface area contributed by atoms with E-state index in [1.54, 1.807) is 26.4 Å². The number of hydrogen-bond donors (Lipinski definition) is 1. The summed E-state index contributed by atoms with van der Waals surface area (Å²) in [6.07, 6.45) is 1.78. The van der Waals surface area contributed by atoms with Gasteiger partial charge in [0, 0.05) is 11.6 Å². The molecule has 4 heteroatoms. The van der Waals surface area contributed by atoms with E-state index in [9.17, 15) is 4.79 Å². The largest absolute Gasteiger partial charge is 0.497 e. The molecule has 1 atom stereocenters. The van der Waals surface area contributed by atoms with Crippen molar-refractivity contribution in [3.8, 4) is 11.5 Å². The van der Waals surface area contributed by atoms with Gasteiger partial charge in [-0.1, -0.05) is 18.2 Å². The summed E-state index contributed by atoms with van der Waals surface area (Å²) in [6.45, 7) is 2.02. The Bertz CT molecular complexity index is 637. The number of methoxy groups -OCH3 is 2. The van der Waals surface area contributed by atoms with Crippen LogP contribution in [0, 0.1) is 0 Å². The van der Waals surface area contributed by atoms with Crippen LogP contribution < -0.4 is 14.8 Å². The molecule has 0 aliphatic carbocycles. The number of aryl methyl sites for hydroxylation is 1. The summed E-state index contributed by atoms with van der Waals surface area (Å²) in [4.78, 5) is 12.2. The highest BCUT2D eigenvalue weighted by atomic mass is 16.5. The first-order chi connectivity index (χ1) is 11.1. The predicted molar refractivity (Wildman–Crippen MR) is 91.2 cm³/mol. The van der Waals surface area contributed by atoms with Crippen LogP contribution in [-0.2, 0) is 6.42 Å². The Morgan fingerprint density at radius 1 is 1.04 bits per heavy atom. The molecule has 1 N–H and O–H groups in total. The molecule has 0 radical (unpaired) electrons. The Labute approximate surface area is 137 Å².